The van der Waals surface area contributed by atoms with Gasteiger partial charge in [-0.15, -0.1) is 0 Å². The van der Waals surface area contributed by atoms with Crippen LogP contribution in [0.15, 0.2) is 28.7 Å². The van der Waals surface area contributed by atoms with Crippen LogP contribution in [-0.4, -0.2) is 39.4 Å². The third-order valence-electron chi connectivity index (χ3n) is 4.97. The smallest absolute Gasteiger partial charge is 0.0495 e. The summed E-state index contributed by atoms with van der Waals surface area (Å²) in [5.74, 6) is 1.53. The number of benzene rings is 1. The molecule has 4 heteroatoms. The van der Waals surface area contributed by atoms with E-state index in [-0.39, 0.29) is 0 Å². The summed E-state index contributed by atoms with van der Waals surface area (Å²) in [4.78, 5) is 2.50. The standard InChI is InChI=1S/C18H27BrN2O/c19-17-1-3-18(4-2-17)21-11-7-16(8-12-21)14-22-13-15-5-9-20-10-6-15/h1-4,15-16,20H,5-14H2. The van der Waals surface area contributed by atoms with Crippen LogP contribution in [0.4, 0.5) is 5.69 Å². The number of halogens is 1. The van der Waals surface area contributed by atoms with Crippen molar-refractivity contribution in [3.8, 4) is 0 Å². The molecule has 1 aromatic rings. The molecule has 0 amide bonds. The Bertz CT molecular complexity index is 437. The molecule has 122 valence electrons. The van der Waals surface area contributed by atoms with E-state index in [9.17, 15) is 0 Å². The zero-order valence-electron chi connectivity index (χ0n) is 13.3. The van der Waals surface area contributed by atoms with Crippen molar-refractivity contribution in [2.24, 2.45) is 11.8 Å². The van der Waals surface area contributed by atoms with E-state index in [1.165, 1.54) is 44.5 Å². The SMILES string of the molecule is Brc1ccc(N2CCC(COCC3CCNCC3)CC2)cc1. The normalized spacial score (nSPS) is 21.2. The first-order valence-electron chi connectivity index (χ1n) is 8.60. The van der Waals surface area contributed by atoms with Crippen molar-refractivity contribution in [2.75, 3.05) is 44.3 Å². The molecule has 1 aromatic carbocycles. The maximum atomic E-state index is 6.02. The van der Waals surface area contributed by atoms with Crippen molar-refractivity contribution in [2.45, 2.75) is 25.7 Å². The van der Waals surface area contributed by atoms with Crippen molar-refractivity contribution >= 4 is 21.6 Å². The Morgan fingerprint density at radius 3 is 2.18 bits per heavy atom. The summed E-state index contributed by atoms with van der Waals surface area (Å²) in [5, 5.41) is 3.41. The molecule has 2 fully saturated rings. The van der Waals surface area contributed by atoms with E-state index < -0.39 is 0 Å². The van der Waals surface area contributed by atoms with Crippen molar-refractivity contribution in [1.29, 1.82) is 0 Å². The molecule has 3 rings (SSSR count). The quantitative estimate of drug-likeness (QED) is 0.859. The summed E-state index contributed by atoms with van der Waals surface area (Å²) >= 11 is 3.50. The second kappa shape index (κ2) is 8.32. The van der Waals surface area contributed by atoms with Gasteiger partial charge in [0, 0.05) is 36.5 Å². The van der Waals surface area contributed by atoms with Gasteiger partial charge in [0.15, 0.2) is 0 Å². The van der Waals surface area contributed by atoms with Gasteiger partial charge in [0.05, 0.1) is 0 Å². The molecule has 0 radical (unpaired) electrons. The molecular formula is C18H27BrN2O. The summed E-state index contributed by atoms with van der Waals surface area (Å²) in [7, 11) is 0. The average molecular weight is 367 g/mol. The molecule has 3 nitrogen and oxygen atoms in total. The lowest BCUT2D eigenvalue weighted by atomic mass is 9.96. The van der Waals surface area contributed by atoms with Gasteiger partial charge < -0.3 is 15.0 Å². The van der Waals surface area contributed by atoms with E-state index in [2.05, 4.69) is 50.4 Å². The van der Waals surface area contributed by atoms with Gasteiger partial charge in [-0.3, -0.25) is 0 Å². The maximum Gasteiger partial charge on any atom is 0.0495 e. The predicted octanol–water partition coefficient (Wildman–Crippen LogP) is 3.68. The zero-order chi connectivity index (χ0) is 15.2. The Balaban J connectivity index is 1.35. The number of nitrogens with zero attached hydrogens (tertiary/aromatic N) is 1. The third-order valence-corrected chi connectivity index (χ3v) is 5.50. The molecule has 0 aromatic heterocycles. The van der Waals surface area contributed by atoms with Gasteiger partial charge in [-0.05, 0) is 74.9 Å². The lowest BCUT2D eigenvalue weighted by Gasteiger charge is -2.34. The molecule has 0 saturated carbocycles. The third kappa shape index (κ3) is 4.71. The number of piperidine rings is 2. The highest BCUT2D eigenvalue weighted by molar-refractivity contribution is 9.10. The van der Waals surface area contributed by atoms with E-state index in [1.807, 2.05) is 0 Å². The minimum Gasteiger partial charge on any atom is -0.381 e. The first kappa shape index (κ1) is 16.3. The fraction of sp³-hybridized carbons (Fsp3) is 0.667. The molecule has 2 aliphatic rings. The lowest BCUT2D eigenvalue weighted by Crippen LogP contribution is -2.35. The highest BCUT2D eigenvalue weighted by Crippen LogP contribution is 2.25. The van der Waals surface area contributed by atoms with Crippen LogP contribution in [-0.2, 0) is 4.74 Å². The average Bonchev–Trinajstić information content (AvgIpc) is 2.57. The summed E-state index contributed by atoms with van der Waals surface area (Å²) < 4.78 is 7.17. The number of hydrogen-bond donors (Lipinski definition) is 1. The van der Waals surface area contributed by atoms with Gasteiger partial charge >= 0.3 is 0 Å². The van der Waals surface area contributed by atoms with Crippen LogP contribution < -0.4 is 10.2 Å². The fourth-order valence-electron chi connectivity index (χ4n) is 3.46. The Morgan fingerprint density at radius 1 is 0.955 bits per heavy atom. The topological polar surface area (TPSA) is 24.5 Å². The molecule has 22 heavy (non-hydrogen) atoms. The molecule has 0 unspecified atom stereocenters. The van der Waals surface area contributed by atoms with Gasteiger partial charge in [-0.1, -0.05) is 15.9 Å². The molecule has 1 N–H and O–H groups in total. The Morgan fingerprint density at radius 2 is 1.55 bits per heavy atom. The van der Waals surface area contributed by atoms with Crippen LogP contribution in [0.5, 0.6) is 0 Å². The van der Waals surface area contributed by atoms with Crippen LogP contribution in [0.3, 0.4) is 0 Å². The highest BCUT2D eigenvalue weighted by atomic mass is 79.9. The molecule has 2 aliphatic heterocycles. The van der Waals surface area contributed by atoms with Gasteiger partial charge in [0.25, 0.3) is 0 Å². The number of ether oxygens (including phenoxy) is 1. The molecule has 0 atom stereocenters. The lowest BCUT2D eigenvalue weighted by molar-refractivity contribution is 0.0561. The van der Waals surface area contributed by atoms with E-state index in [1.54, 1.807) is 0 Å². The number of rotatable bonds is 5. The number of nitrogens with one attached hydrogen (secondary N) is 1. The summed E-state index contributed by atoms with van der Waals surface area (Å²) in [5.41, 5.74) is 1.34. The maximum absolute atomic E-state index is 6.02. The predicted molar refractivity (Wildman–Crippen MR) is 95.5 cm³/mol. The zero-order valence-corrected chi connectivity index (χ0v) is 14.9. The largest absolute Gasteiger partial charge is 0.381 e. The Labute approximate surface area is 142 Å². The highest BCUT2D eigenvalue weighted by Gasteiger charge is 2.20. The van der Waals surface area contributed by atoms with Crippen molar-refractivity contribution < 1.29 is 4.74 Å². The van der Waals surface area contributed by atoms with E-state index in [0.29, 0.717) is 0 Å². The minimum atomic E-state index is 0.744. The van der Waals surface area contributed by atoms with E-state index in [4.69, 9.17) is 4.74 Å². The van der Waals surface area contributed by atoms with Crippen molar-refractivity contribution in [3.05, 3.63) is 28.7 Å². The molecule has 2 saturated heterocycles. The summed E-state index contributed by atoms with van der Waals surface area (Å²) in [6, 6.07) is 8.67. The van der Waals surface area contributed by atoms with Crippen LogP contribution in [0, 0.1) is 11.8 Å². The molecule has 2 heterocycles. The van der Waals surface area contributed by atoms with Gasteiger partial charge in [0.1, 0.15) is 0 Å². The summed E-state index contributed by atoms with van der Waals surface area (Å²) in [6.45, 7) is 6.57. The van der Waals surface area contributed by atoms with Crippen molar-refractivity contribution in [3.63, 3.8) is 0 Å². The second-order valence-corrected chi connectivity index (χ2v) is 7.55. The fourth-order valence-corrected chi connectivity index (χ4v) is 3.72. The minimum absolute atomic E-state index is 0.744. The van der Waals surface area contributed by atoms with E-state index in [0.717, 1.165) is 42.6 Å². The number of hydrogen-bond acceptors (Lipinski definition) is 3. The summed E-state index contributed by atoms with van der Waals surface area (Å²) in [6.07, 6.45) is 5.06. The van der Waals surface area contributed by atoms with Crippen molar-refractivity contribution in [1.82, 2.24) is 5.32 Å². The Hall–Kier alpha value is -0.580. The molecule has 0 spiro atoms. The molecule has 0 aliphatic carbocycles. The first-order chi connectivity index (χ1) is 10.8. The first-order valence-corrected chi connectivity index (χ1v) is 9.39. The van der Waals surface area contributed by atoms with Gasteiger partial charge in [0.2, 0.25) is 0 Å². The molecule has 0 bridgehead atoms. The van der Waals surface area contributed by atoms with Crippen LogP contribution in [0.25, 0.3) is 0 Å². The number of anilines is 1. The Kier molecular flexibility index (Phi) is 6.16. The van der Waals surface area contributed by atoms with Gasteiger partial charge in [-0.25, -0.2) is 0 Å². The van der Waals surface area contributed by atoms with E-state index >= 15 is 0 Å². The van der Waals surface area contributed by atoms with Crippen LogP contribution >= 0.6 is 15.9 Å². The van der Waals surface area contributed by atoms with Crippen LogP contribution in [0.2, 0.25) is 0 Å². The van der Waals surface area contributed by atoms with Gasteiger partial charge in [-0.2, -0.15) is 0 Å². The van der Waals surface area contributed by atoms with Crippen LogP contribution in [0.1, 0.15) is 25.7 Å². The molecular weight excluding hydrogens is 340 g/mol. The second-order valence-electron chi connectivity index (χ2n) is 6.64. The monoisotopic (exact) mass is 366 g/mol.